The smallest absolute Gasteiger partial charge is 0.266 e. The van der Waals surface area contributed by atoms with Crippen molar-refractivity contribution in [2.75, 3.05) is 0 Å². The topological polar surface area (TPSA) is 207 Å². The van der Waals surface area contributed by atoms with Gasteiger partial charge in [-0.2, -0.15) is 0 Å². The number of hydrogen-bond acceptors (Lipinski definition) is 10. The van der Waals surface area contributed by atoms with Gasteiger partial charge in [-0.15, -0.1) is 0 Å². The van der Waals surface area contributed by atoms with E-state index in [1.54, 1.807) is 9.44 Å². The Bertz CT molecular complexity index is 1170. The summed E-state index contributed by atoms with van der Waals surface area (Å²) in [7, 11) is -7.73. The van der Waals surface area contributed by atoms with Crippen molar-refractivity contribution in [2.24, 2.45) is 0 Å². The Morgan fingerprint density at radius 3 is 1.18 bits per heavy atom. The SMILES string of the molecule is O=C1NS(=O)(=O)c2cc(O)c(O)cc21.O=C1NS(=O)(=O)c2cc(O)c(O)cc21. The van der Waals surface area contributed by atoms with Gasteiger partial charge in [-0.25, -0.2) is 26.3 Å². The zero-order chi connectivity index (χ0) is 21.0. The summed E-state index contributed by atoms with van der Waals surface area (Å²) in [6.07, 6.45) is 0. The van der Waals surface area contributed by atoms with E-state index in [-0.39, 0.29) is 20.9 Å². The number of phenols is 4. The lowest BCUT2D eigenvalue weighted by Crippen LogP contribution is -2.20. The van der Waals surface area contributed by atoms with E-state index in [1.165, 1.54) is 0 Å². The summed E-state index contributed by atoms with van der Waals surface area (Å²) in [5.74, 6) is -3.84. The number of carbonyl (C=O) groups is 2. The number of carbonyl (C=O) groups excluding carboxylic acids is 2. The second-order valence-corrected chi connectivity index (χ2v) is 8.85. The molecule has 0 aliphatic carbocycles. The maximum absolute atomic E-state index is 11.2. The van der Waals surface area contributed by atoms with Crippen molar-refractivity contribution < 1.29 is 46.9 Å². The highest BCUT2D eigenvalue weighted by Crippen LogP contribution is 2.34. The molecule has 0 fully saturated rings. The van der Waals surface area contributed by atoms with E-state index in [0.717, 1.165) is 24.3 Å². The molecule has 0 saturated heterocycles. The maximum Gasteiger partial charge on any atom is 0.266 e. The molecule has 0 spiro atoms. The van der Waals surface area contributed by atoms with Crippen molar-refractivity contribution in [2.45, 2.75) is 9.79 Å². The number of nitrogens with one attached hydrogen (secondary N) is 2. The van der Waals surface area contributed by atoms with Crippen molar-refractivity contribution >= 4 is 31.9 Å². The van der Waals surface area contributed by atoms with E-state index < -0.39 is 54.9 Å². The molecule has 4 rings (SSSR count). The van der Waals surface area contributed by atoms with E-state index in [9.17, 15) is 26.4 Å². The van der Waals surface area contributed by atoms with Crippen LogP contribution in [-0.2, 0) is 20.0 Å². The first-order valence-corrected chi connectivity index (χ1v) is 10.1. The van der Waals surface area contributed by atoms with Crippen molar-refractivity contribution in [3.05, 3.63) is 35.4 Å². The van der Waals surface area contributed by atoms with E-state index in [1.807, 2.05) is 0 Å². The molecule has 2 aromatic carbocycles. The van der Waals surface area contributed by atoms with Gasteiger partial charge in [0.15, 0.2) is 23.0 Å². The summed E-state index contributed by atoms with van der Waals surface area (Å²) in [6, 6.07) is 3.48. The fourth-order valence-corrected chi connectivity index (χ4v) is 4.72. The average Bonchev–Trinajstić information content (AvgIpc) is 2.92. The number of hydrogen-bond donors (Lipinski definition) is 6. The van der Waals surface area contributed by atoms with Crippen molar-refractivity contribution in [1.82, 2.24) is 9.44 Å². The Hall–Kier alpha value is -3.52. The molecule has 148 valence electrons. The third kappa shape index (κ3) is 3.03. The van der Waals surface area contributed by atoms with Gasteiger partial charge in [0.1, 0.15) is 9.79 Å². The lowest BCUT2D eigenvalue weighted by Gasteiger charge is -1.98. The van der Waals surface area contributed by atoms with E-state index in [0.29, 0.717) is 0 Å². The van der Waals surface area contributed by atoms with Crippen LogP contribution in [0.25, 0.3) is 0 Å². The Labute approximate surface area is 156 Å². The molecule has 0 unspecified atom stereocenters. The molecule has 2 amide bonds. The van der Waals surface area contributed by atoms with Crippen LogP contribution in [-0.4, -0.2) is 49.1 Å². The van der Waals surface area contributed by atoms with Gasteiger partial charge in [0.2, 0.25) is 0 Å². The summed E-state index contributed by atoms with van der Waals surface area (Å²) >= 11 is 0. The molecule has 0 atom stereocenters. The molecule has 2 heterocycles. The molecule has 0 aromatic heterocycles. The third-order valence-electron chi connectivity index (χ3n) is 3.68. The zero-order valence-corrected chi connectivity index (χ0v) is 15.0. The first-order valence-electron chi connectivity index (χ1n) is 7.10. The van der Waals surface area contributed by atoms with Gasteiger partial charge in [0.25, 0.3) is 31.9 Å². The van der Waals surface area contributed by atoms with Crippen LogP contribution < -0.4 is 9.44 Å². The van der Waals surface area contributed by atoms with Crippen molar-refractivity contribution in [3.63, 3.8) is 0 Å². The monoisotopic (exact) mass is 430 g/mol. The summed E-state index contributed by atoms with van der Waals surface area (Å²) in [5, 5.41) is 36.2. The third-order valence-corrected chi connectivity index (χ3v) is 6.42. The number of fused-ring (bicyclic) bond motifs is 2. The Kier molecular flexibility index (Phi) is 4.12. The van der Waals surface area contributed by atoms with Crippen molar-refractivity contribution in [3.8, 4) is 23.0 Å². The first kappa shape index (κ1) is 19.2. The molecule has 28 heavy (non-hydrogen) atoms. The summed E-state index contributed by atoms with van der Waals surface area (Å²) in [4.78, 5) is 21.5. The molecule has 12 nitrogen and oxygen atoms in total. The van der Waals surface area contributed by atoms with Crippen LogP contribution >= 0.6 is 0 Å². The van der Waals surface area contributed by atoms with E-state index in [2.05, 4.69) is 0 Å². The average molecular weight is 430 g/mol. The summed E-state index contributed by atoms with van der Waals surface area (Å²) in [5.41, 5.74) is -0.333. The predicted octanol–water partition coefficient (Wildman–Crippen LogP) is -0.940. The minimum atomic E-state index is -3.86. The number of sulfonamides is 2. The van der Waals surface area contributed by atoms with Gasteiger partial charge in [0, 0.05) is 12.1 Å². The molecule has 0 bridgehead atoms. The summed E-state index contributed by atoms with van der Waals surface area (Å²) in [6.45, 7) is 0. The molecule has 6 N–H and O–H groups in total. The van der Waals surface area contributed by atoms with E-state index >= 15 is 0 Å². The highest BCUT2D eigenvalue weighted by atomic mass is 32.2. The van der Waals surface area contributed by atoms with Crippen LogP contribution in [0.4, 0.5) is 0 Å². The van der Waals surface area contributed by atoms with Gasteiger partial charge >= 0.3 is 0 Å². The number of rotatable bonds is 0. The number of aromatic hydroxyl groups is 4. The van der Waals surface area contributed by atoms with Crippen LogP contribution in [0, 0.1) is 0 Å². The van der Waals surface area contributed by atoms with E-state index in [4.69, 9.17) is 20.4 Å². The quantitative estimate of drug-likeness (QED) is 0.283. The zero-order valence-electron chi connectivity index (χ0n) is 13.4. The van der Waals surface area contributed by atoms with Gasteiger partial charge in [0.05, 0.1) is 11.1 Å². The molecular weight excluding hydrogens is 420 g/mol. The lowest BCUT2D eigenvalue weighted by molar-refractivity contribution is 0.0976. The highest BCUT2D eigenvalue weighted by molar-refractivity contribution is 7.91. The molecular formula is C14H10N2O10S2. The minimum absolute atomic E-state index is 0.166. The fourth-order valence-electron chi connectivity index (χ4n) is 2.38. The Balaban J connectivity index is 0.000000161. The number of phenolic OH excluding ortho intramolecular Hbond substituents is 4. The second kappa shape index (κ2) is 6.00. The Morgan fingerprint density at radius 2 is 0.857 bits per heavy atom. The van der Waals surface area contributed by atoms with Gasteiger partial charge in [-0.3, -0.25) is 9.59 Å². The van der Waals surface area contributed by atoms with Gasteiger partial charge in [-0.05, 0) is 12.1 Å². The fraction of sp³-hybridized carbons (Fsp3) is 0. The number of benzene rings is 2. The van der Waals surface area contributed by atoms with Gasteiger partial charge in [-0.1, -0.05) is 0 Å². The van der Waals surface area contributed by atoms with Crippen LogP contribution in [0.1, 0.15) is 20.7 Å². The Morgan fingerprint density at radius 1 is 0.571 bits per heavy atom. The van der Waals surface area contributed by atoms with Crippen LogP contribution in [0.5, 0.6) is 23.0 Å². The molecule has 0 radical (unpaired) electrons. The molecule has 2 aromatic rings. The molecule has 2 aliphatic heterocycles. The maximum atomic E-state index is 11.2. The van der Waals surface area contributed by atoms with Crippen LogP contribution in [0.2, 0.25) is 0 Å². The normalized spacial score (nSPS) is 17.6. The summed E-state index contributed by atoms with van der Waals surface area (Å²) < 4.78 is 48.3. The molecule has 2 aliphatic rings. The predicted molar refractivity (Wildman–Crippen MR) is 88.8 cm³/mol. The molecule has 14 heteroatoms. The second-order valence-electron chi connectivity index (χ2n) is 5.54. The van der Waals surface area contributed by atoms with Crippen LogP contribution in [0.3, 0.4) is 0 Å². The number of amides is 2. The standard InChI is InChI=1S/2C7H5NO5S/c2*9-4-1-3-6(2-5(4)10)14(12,13)8-7(3)11/h2*1-2,9-10H,(H,8,11). The van der Waals surface area contributed by atoms with Crippen molar-refractivity contribution in [1.29, 1.82) is 0 Å². The largest absolute Gasteiger partial charge is 0.504 e. The molecule has 0 saturated carbocycles. The highest BCUT2D eigenvalue weighted by Gasteiger charge is 2.34. The van der Waals surface area contributed by atoms with Gasteiger partial charge < -0.3 is 20.4 Å². The minimum Gasteiger partial charge on any atom is -0.504 e. The van der Waals surface area contributed by atoms with Crippen LogP contribution in [0.15, 0.2) is 34.1 Å². The lowest BCUT2D eigenvalue weighted by atomic mass is 10.2. The first-order chi connectivity index (χ1) is 12.8.